The van der Waals surface area contributed by atoms with Crippen molar-refractivity contribution in [3.63, 3.8) is 0 Å². The Labute approximate surface area is 312 Å². The third kappa shape index (κ3) is 10.6. The summed E-state index contributed by atoms with van der Waals surface area (Å²) in [7, 11) is -0.171. The maximum atomic E-state index is 15.1. The summed E-state index contributed by atoms with van der Waals surface area (Å²) >= 11 is 0. The van der Waals surface area contributed by atoms with Crippen LogP contribution in [0, 0.1) is 17.7 Å². The number of hydrogen-bond acceptors (Lipinski definition) is 10. The van der Waals surface area contributed by atoms with Gasteiger partial charge in [0.1, 0.15) is 23.8 Å². The third-order valence-corrected chi connectivity index (χ3v) is 12.2. The van der Waals surface area contributed by atoms with Crippen LogP contribution < -0.4 is 9.64 Å². The second-order valence-corrected chi connectivity index (χ2v) is 16.3. The Morgan fingerprint density at radius 2 is 1.64 bits per heavy atom. The van der Waals surface area contributed by atoms with Crippen LogP contribution in [0.1, 0.15) is 45.6 Å². The number of aliphatic hydroxyl groups excluding tert-OH is 1. The number of ether oxygens (including phenoxy) is 3. The van der Waals surface area contributed by atoms with E-state index in [2.05, 4.69) is 4.90 Å². The molecule has 290 valence electrons. The minimum Gasteiger partial charge on any atom is -0.497 e. The molecule has 3 aliphatic heterocycles. The van der Waals surface area contributed by atoms with Crippen LogP contribution in [0.4, 0.5) is 14.9 Å². The van der Waals surface area contributed by atoms with E-state index in [1.807, 2.05) is 50.9 Å². The molecule has 3 heterocycles. The smallest absolute Gasteiger partial charge is 0.410 e. The number of halogens is 1. The number of rotatable bonds is 7. The van der Waals surface area contributed by atoms with Crippen LogP contribution in [0.25, 0.3) is 6.08 Å². The predicted molar refractivity (Wildman–Crippen MR) is 201 cm³/mol. The fourth-order valence-electron chi connectivity index (χ4n) is 6.92. The number of benzene rings is 2. The molecule has 0 unspecified atom stereocenters. The van der Waals surface area contributed by atoms with Crippen molar-refractivity contribution in [2.75, 3.05) is 71.4 Å². The van der Waals surface area contributed by atoms with Gasteiger partial charge in [0.05, 0.1) is 24.5 Å². The molecule has 0 radical (unpaired) electrons. The SMILES string of the molecule is COc1ccc(S(=O)(=O)N2CCN(c3cc(F)cc(/C=C(/C)[C@H]4OC(=O)C[C@H](O)CC[C@H](C)[C@@H](OC(=O)N5CCN(C)CC5)/C=C\[C@@H]4C)c3)CC2)cc1. The first kappa shape index (κ1) is 40.2. The van der Waals surface area contributed by atoms with Crippen molar-refractivity contribution >= 4 is 33.8 Å². The number of methoxy groups -OCH3 is 1. The van der Waals surface area contributed by atoms with Crippen LogP contribution in [0.5, 0.6) is 5.75 Å². The normalized spacial score (nSPS) is 26.6. The quantitative estimate of drug-likeness (QED) is 0.311. The second-order valence-electron chi connectivity index (χ2n) is 14.4. The lowest BCUT2D eigenvalue weighted by Gasteiger charge is -2.35. The number of carbonyl (C=O) groups is 2. The zero-order valence-electron chi connectivity index (χ0n) is 31.3. The molecule has 12 nitrogen and oxygen atoms in total. The van der Waals surface area contributed by atoms with Gasteiger partial charge in [-0.05, 0) is 92.4 Å². The van der Waals surface area contributed by atoms with E-state index in [9.17, 15) is 23.1 Å². The average molecular weight is 757 g/mol. The molecular formula is C39H53FN4O8S. The van der Waals surface area contributed by atoms with Gasteiger partial charge in [0, 0.05) is 64.0 Å². The van der Waals surface area contributed by atoms with Gasteiger partial charge in [0.25, 0.3) is 0 Å². The van der Waals surface area contributed by atoms with Gasteiger partial charge >= 0.3 is 12.1 Å². The number of piperazine rings is 2. The molecule has 5 atom stereocenters. The highest BCUT2D eigenvalue weighted by Gasteiger charge is 2.31. The van der Waals surface area contributed by atoms with Crippen LogP contribution in [-0.2, 0) is 24.3 Å². The van der Waals surface area contributed by atoms with E-state index in [1.165, 1.54) is 35.7 Å². The summed E-state index contributed by atoms with van der Waals surface area (Å²) in [5.74, 6) is -0.885. The Hall–Kier alpha value is -3.98. The zero-order chi connectivity index (χ0) is 38.3. The maximum Gasteiger partial charge on any atom is 0.410 e. The summed E-state index contributed by atoms with van der Waals surface area (Å²) in [4.78, 5) is 32.1. The third-order valence-electron chi connectivity index (χ3n) is 10.3. The van der Waals surface area contributed by atoms with E-state index >= 15 is 4.39 Å². The molecule has 2 fully saturated rings. The highest BCUT2D eigenvalue weighted by atomic mass is 32.2. The first-order valence-corrected chi connectivity index (χ1v) is 19.8. The first-order chi connectivity index (χ1) is 25.2. The fourth-order valence-corrected chi connectivity index (χ4v) is 8.34. The number of likely N-dealkylation sites (N-methyl/N-ethyl adjacent to an activating group) is 1. The lowest BCUT2D eigenvalue weighted by molar-refractivity contribution is -0.151. The standard InChI is InChI=1S/C39H53FN4O8S/c1-27-6-8-33(45)26-37(46)52-38(28(2)7-13-36(27)51-39(47)43-16-14-41(4)15-17-43)29(3)22-30-23-31(40)25-32(24-30)42-18-20-44(21-19-42)53(48,49)35-11-9-34(50-5)10-12-35/h7,9-13,22-25,27-28,33,36,38,45H,6,8,14-21,26H2,1-5H3/b13-7-,29-22-/t27-,28-,33+,36-,38-/m0/s1. The minimum atomic E-state index is -3.71. The molecule has 2 aromatic carbocycles. The first-order valence-electron chi connectivity index (χ1n) is 18.3. The van der Waals surface area contributed by atoms with Crippen molar-refractivity contribution < 1.29 is 41.7 Å². The number of esters is 1. The molecule has 1 amide bonds. The summed E-state index contributed by atoms with van der Waals surface area (Å²) in [6, 6.07) is 10.9. The van der Waals surface area contributed by atoms with Crippen LogP contribution in [0.2, 0.25) is 0 Å². The largest absolute Gasteiger partial charge is 0.497 e. The molecule has 2 aromatic rings. The fraction of sp³-hybridized carbons (Fsp3) is 0.538. The van der Waals surface area contributed by atoms with E-state index in [4.69, 9.17) is 14.2 Å². The molecule has 2 saturated heterocycles. The molecule has 0 saturated carbocycles. The number of cyclic esters (lactones) is 1. The minimum absolute atomic E-state index is 0.106. The number of nitrogens with zero attached hydrogens (tertiary/aromatic N) is 4. The van der Waals surface area contributed by atoms with Gasteiger partial charge in [-0.2, -0.15) is 4.31 Å². The van der Waals surface area contributed by atoms with Crippen LogP contribution >= 0.6 is 0 Å². The Morgan fingerprint density at radius 3 is 2.30 bits per heavy atom. The van der Waals surface area contributed by atoms with Crippen molar-refractivity contribution in [2.45, 2.75) is 63.2 Å². The number of hydrogen-bond donors (Lipinski definition) is 1. The highest BCUT2D eigenvalue weighted by molar-refractivity contribution is 7.89. The van der Waals surface area contributed by atoms with E-state index in [-0.39, 0.29) is 42.3 Å². The van der Waals surface area contributed by atoms with Crippen molar-refractivity contribution in [1.82, 2.24) is 14.1 Å². The molecule has 5 rings (SSSR count). The maximum absolute atomic E-state index is 15.1. The van der Waals surface area contributed by atoms with Gasteiger partial charge in [-0.3, -0.25) is 4.79 Å². The van der Waals surface area contributed by atoms with Gasteiger partial charge in [0.15, 0.2) is 0 Å². The molecular weight excluding hydrogens is 704 g/mol. The van der Waals surface area contributed by atoms with E-state index in [1.54, 1.807) is 23.1 Å². The molecule has 14 heteroatoms. The number of amides is 1. The number of anilines is 1. The second kappa shape index (κ2) is 17.9. The van der Waals surface area contributed by atoms with Crippen molar-refractivity contribution in [1.29, 1.82) is 0 Å². The lowest BCUT2D eigenvalue weighted by Crippen LogP contribution is -2.48. The summed E-state index contributed by atoms with van der Waals surface area (Å²) < 4.78 is 60.2. The number of aliphatic hydroxyl groups is 1. The van der Waals surface area contributed by atoms with Gasteiger partial charge in [-0.15, -0.1) is 0 Å². The molecule has 0 aliphatic carbocycles. The van der Waals surface area contributed by atoms with Crippen molar-refractivity contribution in [2.24, 2.45) is 11.8 Å². The van der Waals surface area contributed by atoms with Gasteiger partial charge in [-0.1, -0.05) is 26.0 Å². The van der Waals surface area contributed by atoms with Gasteiger partial charge in [0.2, 0.25) is 10.0 Å². The summed E-state index contributed by atoms with van der Waals surface area (Å²) in [6.45, 7) is 9.58. The van der Waals surface area contributed by atoms with E-state index in [0.717, 1.165) is 13.1 Å². The summed E-state index contributed by atoms with van der Waals surface area (Å²) in [6.07, 6.45) is 3.64. The van der Waals surface area contributed by atoms with Crippen molar-refractivity contribution in [3.8, 4) is 5.75 Å². The Morgan fingerprint density at radius 1 is 0.962 bits per heavy atom. The molecule has 0 aromatic heterocycles. The summed E-state index contributed by atoms with van der Waals surface area (Å²) in [5.41, 5.74) is 1.82. The van der Waals surface area contributed by atoms with E-state index < -0.39 is 40.1 Å². The zero-order valence-corrected chi connectivity index (χ0v) is 32.1. The van der Waals surface area contributed by atoms with Crippen molar-refractivity contribution in [3.05, 3.63) is 71.6 Å². The van der Waals surface area contributed by atoms with Gasteiger partial charge < -0.3 is 34.0 Å². The molecule has 53 heavy (non-hydrogen) atoms. The average Bonchev–Trinajstić information content (AvgIpc) is 3.14. The predicted octanol–water partition coefficient (Wildman–Crippen LogP) is 4.79. The Bertz CT molecular complexity index is 1740. The molecule has 0 bridgehead atoms. The molecule has 0 spiro atoms. The van der Waals surface area contributed by atoms with E-state index in [0.29, 0.717) is 61.6 Å². The molecule has 3 aliphatic rings. The Kier molecular flexibility index (Phi) is 13.6. The monoisotopic (exact) mass is 756 g/mol. The topological polar surface area (TPSA) is 129 Å². The van der Waals surface area contributed by atoms with Crippen LogP contribution in [-0.4, -0.2) is 125 Å². The van der Waals surface area contributed by atoms with Crippen LogP contribution in [0.15, 0.2) is 65.1 Å². The number of sulfonamides is 1. The number of carbonyl (C=O) groups excluding carboxylic acids is 2. The summed E-state index contributed by atoms with van der Waals surface area (Å²) in [5, 5.41) is 10.7. The highest BCUT2D eigenvalue weighted by Crippen LogP contribution is 2.29. The molecule has 1 N–H and O–H groups in total. The Balaban J connectivity index is 1.31. The van der Waals surface area contributed by atoms with Gasteiger partial charge in [-0.25, -0.2) is 17.6 Å². The lowest BCUT2D eigenvalue weighted by atomic mass is 9.91. The van der Waals surface area contributed by atoms with Crippen LogP contribution in [0.3, 0.4) is 0 Å².